The lowest BCUT2D eigenvalue weighted by Crippen LogP contribution is -2.41. The van der Waals surface area contributed by atoms with Gasteiger partial charge in [-0.15, -0.1) is 0 Å². The highest BCUT2D eigenvalue weighted by molar-refractivity contribution is 5.78. The van der Waals surface area contributed by atoms with E-state index in [1.807, 2.05) is 0 Å². The Kier molecular flexibility index (Phi) is 10.6. The Balaban J connectivity index is 3.11. The van der Waals surface area contributed by atoms with Crippen LogP contribution >= 0.6 is 0 Å². The number of aliphatic imine (C=N–C) groups is 1. The summed E-state index contributed by atoms with van der Waals surface area (Å²) in [7, 11) is 3.34. The molecule has 0 rings (SSSR count). The zero-order chi connectivity index (χ0) is 11.4. The van der Waals surface area contributed by atoms with Crippen molar-refractivity contribution >= 4 is 5.96 Å². The van der Waals surface area contributed by atoms with Crippen LogP contribution < -0.4 is 16.6 Å². The SMILES string of the molecule is CN=C(NN)NCCCCOCCOC. The van der Waals surface area contributed by atoms with E-state index < -0.39 is 0 Å². The first kappa shape index (κ1) is 14.2. The number of rotatable bonds is 8. The number of hydrogen-bond acceptors (Lipinski definition) is 4. The summed E-state index contributed by atoms with van der Waals surface area (Å²) < 4.78 is 10.2. The molecule has 0 atom stereocenters. The zero-order valence-corrected chi connectivity index (χ0v) is 9.58. The van der Waals surface area contributed by atoms with Gasteiger partial charge in [-0.3, -0.25) is 10.4 Å². The average Bonchev–Trinajstić information content (AvgIpc) is 2.27. The van der Waals surface area contributed by atoms with Crippen molar-refractivity contribution in [1.29, 1.82) is 0 Å². The summed E-state index contributed by atoms with van der Waals surface area (Å²) in [4.78, 5) is 3.89. The van der Waals surface area contributed by atoms with Crippen LogP contribution in [0.25, 0.3) is 0 Å². The third-order valence-electron chi connectivity index (χ3n) is 1.80. The van der Waals surface area contributed by atoms with Crippen LogP contribution in [-0.2, 0) is 9.47 Å². The molecule has 0 fully saturated rings. The van der Waals surface area contributed by atoms with E-state index in [1.165, 1.54) is 0 Å². The van der Waals surface area contributed by atoms with Gasteiger partial charge in [0.05, 0.1) is 13.2 Å². The molecule has 0 radical (unpaired) electrons. The van der Waals surface area contributed by atoms with E-state index in [0.717, 1.165) is 26.0 Å². The van der Waals surface area contributed by atoms with E-state index in [4.69, 9.17) is 15.3 Å². The van der Waals surface area contributed by atoms with Gasteiger partial charge in [0.2, 0.25) is 5.96 Å². The molecule has 15 heavy (non-hydrogen) atoms. The van der Waals surface area contributed by atoms with Gasteiger partial charge in [-0.05, 0) is 12.8 Å². The first-order valence-corrected chi connectivity index (χ1v) is 5.09. The summed E-state index contributed by atoms with van der Waals surface area (Å²) in [5, 5.41) is 3.05. The standard InChI is InChI=1S/C9H22N4O2/c1-11-9(13-10)12-5-3-4-6-15-8-7-14-2/h3-8,10H2,1-2H3,(H2,11,12,13). The van der Waals surface area contributed by atoms with Gasteiger partial charge in [0.15, 0.2) is 0 Å². The van der Waals surface area contributed by atoms with Crippen molar-refractivity contribution in [2.75, 3.05) is 40.5 Å². The number of hydrogen-bond donors (Lipinski definition) is 3. The molecule has 4 N–H and O–H groups in total. The van der Waals surface area contributed by atoms with Gasteiger partial charge < -0.3 is 14.8 Å². The molecule has 0 saturated carbocycles. The Morgan fingerprint density at radius 2 is 2.07 bits per heavy atom. The molecule has 6 nitrogen and oxygen atoms in total. The first-order valence-electron chi connectivity index (χ1n) is 5.09. The summed E-state index contributed by atoms with van der Waals surface area (Å²) in [5.41, 5.74) is 2.46. The zero-order valence-electron chi connectivity index (χ0n) is 9.58. The maximum atomic E-state index is 5.31. The average molecular weight is 218 g/mol. The number of nitrogens with one attached hydrogen (secondary N) is 2. The smallest absolute Gasteiger partial charge is 0.205 e. The maximum Gasteiger partial charge on any atom is 0.205 e. The van der Waals surface area contributed by atoms with Crippen molar-refractivity contribution in [3.05, 3.63) is 0 Å². The van der Waals surface area contributed by atoms with Gasteiger partial charge in [-0.1, -0.05) is 0 Å². The Labute approximate surface area is 91.2 Å². The molecule has 0 aromatic heterocycles. The van der Waals surface area contributed by atoms with Gasteiger partial charge in [-0.25, -0.2) is 5.84 Å². The van der Waals surface area contributed by atoms with Crippen molar-refractivity contribution in [2.45, 2.75) is 12.8 Å². The number of guanidine groups is 1. The molecule has 0 aliphatic rings. The molecule has 90 valence electrons. The monoisotopic (exact) mass is 218 g/mol. The topological polar surface area (TPSA) is 80.9 Å². The number of methoxy groups -OCH3 is 1. The van der Waals surface area contributed by atoms with E-state index in [1.54, 1.807) is 14.2 Å². The van der Waals surface area contributed by atoms with Gasteiger partial charge in [0, 0.05) is 27.3 Å². The minimum Gasteiger partial charge on any atom is -0.382 e. The number of nitrogens with two attached hydrogens (primary N) is 1. The predicted octanol–water partition coefficient (Wildman–Crippen LogP) is -0.532. The van der Waals surface area contributed by atoms with Crippen molar-refractivity contribution in [3.63, 3.8) is 0 Å². The first-order chi connectivity index (χ1) is 7.35. The highest BCUT2D eigenvalue weighted by atomic mass is 16.5. The molecular weight excluding hydrogens is 196 g/mol. The van der Waals surface area contributed by atoms with Crippen LogP contribution in [0.2, 0.25) is 0 Å². The molecule has 6 heteroatoms. The highest BCUT2D eigenvalue weighted by Crippen LogP contribution is 1.88. The summed E-state index contributed by atoms with van der Waals surface area (Å²) in [6.45, 7) is 2.92. The fourth-order valence-electron chi connectivity index (χ4n) is 0.975. The van der Waals surface area contributed by atoms with E-state index >= 15 is 0 Å². The minimum absolute atomic E-state index is 0.607. The normalized spacial score (nSPS) is 11.5. The number of nitrogens with zero attached hydrogens (tertiary/aromatic N) is 1. The summed E-state index contributed by atoms with van der Waals surface area (Å²) in [6.07, 6.45) is 2.03. The third-order valence-corrected chi connectivity index (χ3v) is 1.80. The quantitative estimate of drug-likeness (QED) is 0.168. The molecule has 0 saturated heterocycles. The summed E-state index contributed by atoms with van der Waals surface area (Å²) >= 11 is 0. The van der Waals surface area contributed by atoms with Crippen LogP contribution in [0.5, 0.6) is 0 Å². The number of unbranched alkanes of at least 4 members (excludes halogenated alkanes) is 1. The molecule has 0 heterocycles. The van der Waals surface area contributed by atoms with Crippen molar-refractivity contribution < 1.29 is 9.47 Å². The highest BCUT2D eigenvalue weighted by Gasteiger charge is 1.93. The van der Waals surface area contributed by atoms with Crippen molar-refractivity contribution in [3.8, 4) is 0 Å². The molecular formula is C9H22N4O2. The largest absolute Gasteiger partial charge is 0.382 e. The van der Waals surface area contributed by atoms with Crippen LogP contribution in [0.15, 0.2) is 4.99 Å². The van der Waals surface area contributed by atoms with Crippen molar-refractivity contribution in [1.82, 2.24) is 10.7 Å². The van der Waals surface area contributed by atoms with E-state index in [9.17, 15) is 0 Å². The van der Waals surface area contributed by atoms with Gasteiger partial charge in [-0.2, -0.15) is 0 Å². The van der Waals surface area contributed by atoms with E-state index in [-0.39, 0.29) is 0 Å². The van der Waals surface area contributed by atoms with Crippen LogP contribution in [0.4, 0.5) is 0 Å². The second-order valence-corrected chi connectivity index (χ2v) is 2.96. The maximum absolute atomic E-state index is 5.31. The number of hydrazine groups is 1. The fraction of sp³-hybridized carbons (Fsp3) is 0.889. The summed E-state index contributed by atoms with van der Waals surface area (Å²) in [6, 6.07) is 0. The molecule has 0 spiro atoms. The molecule has 0 aromatic rings. The number of ether oxygens (including phenoxy) is 2. The second-order valence-electron chi connectivity index (χ2n) is 2.96. The second kappa shape index (κ2) is 11.2. The van der Waals surface area contributed by atoms with Crippen molar-refractivity contribution in [2.24, 2.45) is 10.8 Å². The predicted molar refractivity (Wildman–Crippen MR) is 60.6 cm³/mol. The fourth-order valence-corrected chi connectivity index (χ4v) is 0.975. The lowest BCUT2D eigenvalue weighted by molar-refractivity contribution is 0.0689. The Morgan fingerprint density at radius 1 is 1.27 bits per heavy atom. The Hall–Kier alpha value is -0.850. The summed E-state index contributed by atoms with van der Waals surface area (Å²) in [5.74, 6) is 5.80. The van der Waals surface area contributed by atoms with Crippen LogP contribution in [0.1, 0.15) is 12.8 Å². The third kappa shape index (κ3) is 9.45. The molecule has 0 aromatic carbocycles. The minimum atomic E-state index is 0.607. The lowest BCUT2D eigenvalue weighted by atomic mass is 10.3. The van der Waals surface area contributed by atoms with E-state index in [2.05, 4.69) is 15.7 Å². The van der Waals surface area contributed by atoms with Gasteiger partial charge in [0.25, 0.3) is 0 Å². The van der Waals surface area contributed by atoms with Crippen LogP contribution in [-0.4, -0.2) is 46.5 Å². The molecule has 0 aliphatic heterocycles. The lowest BCUT2D eigenvalue weighted by Gasteiger charge is -2.07. The Bertz CT molecular complexity index is 164. The van der Waals surface area contributed by atoms with Gasteiger partial charge >= 0.3 is 0 Å². The Morgan fingerprint density at radius 3 is 2.67 bits per heavy atom. The van der Waals surface area contributed by atoms with Crippen LogP contribution in [0.3, 0.4) is 0 Å². The molecule has 0 amide bonds. The molecule has 0 aliphatic carbocycles. The van der Waals surface area contributed by atoms with Crippen LogP contribution in [0, 0.1) is 0 Å². The van der Waals surface area contributed by atoms with E-state index in [0.29, 0.717) is 19.2 Å². The molecule has 0 unspecified atom stereocenters. The molecule has 0 bridgehead atoms. The van der Waals surface area contributed by atoms with Gasteiger partial charge in [0.1, 0.15) is 0 Å².